The molecule has 1 aliphatic heterocycles. The van der Waals surface area contributed by atoms with Crippen LogP contribution in [0.15, 0.2) is 59.6 Å². The summed E-state index contributed by atoms with van der Waals surface area (Å²) >= 11 is 0. The van der Waals surface area contributed by atoms with Crippen molar-refractivity contribution in [2.45, 2.75) is 52.6 Å². The molecule has 1 aliphatic rings. The highest BCUT2D eigenvalue weighted by Gasteiger charge is 2.23. The van der Waals surface area contributed by atoms with Gasteiger partial charge in [-0.2, -0.15) is 5.26 Å². The van der Waals surface area contributed by atoms with Crippen LogP contribution in [0.3, 0.4) is 0 Å². The molecule has 0 saturated heterocycles. The predicted molar refractivity (Wildman–Crippen MR) is 126 cm³/mol. The van der Waals surface area contributed by atoms with Gasteiger partial charge < -0.3 is 10.1 Å². The van der Waals surface area contributed by atoms with E-state index in [0.717, 1.165) is 23.1 Å². The lowest BCUT2D eigenvalue weighted by Crippen LogP contribution is -2.22. The summed E-state index contributed by atoms with van der Waals surface area (Å²) in [4.78, 5) is 10.5. The van der Waals surface area contributed by atoms with Crippen LogP contribution >= 0.6 is 0 Å². The number of hydrogen-bond acceptors (Lipinski definition) is 6. The minimum absolute atomic E-state index is 0.00559. The first-order valence-corrected chi connectivity index (χ1v) is 10.9. The van der Waals surface area contributed by atoms with Gasteiger partial charge >= 0.3 is 0 Å². The molecule has 164 valence electrons. The lowest BCUT2D eigenvalue weighted by molar-refractivity contribution is 0.0376. The maximum Gasteiger partial charge on any atom is 0.202 e. The topological polar surface area (TPSA) is 78.7 Å². The van der Waals surface area contributed by atoms with Gasteiger partial charge in [0, 0.05) is 23.7 Å². The molecule has 1 unspecified atom stereocenters. The van der Waals surface area contributed by atoms with E-state index in [1.807, 2.05) is 26.0 Å². The van der Waals surface area contributed by atoms with E-state index in [1.165, 1.54) is 10.9 Å². The maximum absolute atomic E-state index is 9.52. The quantitative estimate of drug-likeness (QED) is 0.555. The number of nitrogens with zero attached hydrogens (tertiary/aromatic N) is 2. The Labute approximate surface area is 188 Å². The maximum atomic E-state index is 9.52. The molecule has 0 aromatic heterocycles. The Morgan fingerprint density at radius 3 is 2.59 bits per heavy atom. The van der Waals surface area contributed by atoms with Gasteiger partial charge in [0.05, 0.1) is 11.7 Å². The van der Waals surface area contributed by atoms with Crippen LogP contribution in [0.4, 0.5) is 0 Å². The summed E-state index contributed by atoms with van der Waals surface area (Å²) in [6.07, 6.45) is -0.541. The van der Waals surface area contributed by atoms with E-state index in [4.69, 9.17) is 14.6 Å². The van der Waals surface area contributed by atoms with Crippen molar-refractivity contribution in [1.29, 1.82) is 5.26 Å². The van der Waals surface area contributed by atoms with E-state index in [0.29, 0.717) is 23.2 Å². The van der Waals surface area contributed by atoms with Crippen molar-refractivity contribution in [2.24, 2.45) is 4.99 Å². The predicted octanol–water partition coefficient (Wildman–Crippen LogP) is 4.98. The van der Waals surface area contributed by atoms with Gasteiger partial charge in [-0.3, -0.25) is 0 Å². The number of nitrogens with one attached hydrogen (secondary N) is 2. The Hall–Kier alpha value is -3.40. The van der Waals surface area contributed by atoms with Crippen molar-refractivity contribution >= 4 is 16.6 Å². The molecule has 3 aromatic rings. The van der Waals surface area contributed by atoms with Crippen LogP contribution in [0, 0.1) is 11.3 Å². The molecule has 0 bridgehead atoms. The molecular weight excluding hydrogens is 400 g/mol. The van der Waals surface area contributed by atoms with E-state index in [-0.39, 0.29) is 6.10 Å². The van der Waals surface area contributed by atoms with E-state index < -0.39 is 6.23 Å². The standard InChI is InChI=1S/C26H28N4O2/c1-16(2)28-15-19-9-11-23(22-8-6-5-7-21(19)22)25-29-26(32-30-25)18-10-12-24(31-17(3)4)20(13-18)14-27/h5-13,16-17,26,28H,15H2,1-4H3,(H,29,30). The average molecular weight is 429 g/mol. The third kappa shape index (κ3) is 4.59. The van der Waals surface area contributed by atoms with Crippen LogP contribution in [-0.2, 0) is 11.4 Å². The van der Waals surface area contributed by atoms with Crippen LogP contribution in [0.1, 0.15) is 56.2 Å². The monoisotopic (exact) mass is 428 g/mol. The highest BCUT2D eigenvalue weighted by atomic mass is 16.7. The van der Waals surface area contributed by atoms with Gasteiger partial charge in [0.2, 0.25) is 6.23 Å². The molecule has 32 heavy (non-hydrogen) atoms. The van der Waals surface area contributed by atoms with Crippen molar-refractivity contribution in [2.75, 3.05) is 0 Å². The molecule has 1 heterocycles. The van der Waals surface area contributed by atoms with Crippen molar-refractivity contribution in [3.8, 4) is 11.8 Å². The zero-order valence-electron chi connectivity index (χ0n) is 18.8. The summed E-state index contributed by atoms with van der Waals surface area (Å²) in [5, 5.41) is 15.3. The number of hydroxylamine groups is 1. The summed E-state index contributed by atoms with van der Waals surface area (Å²) in [6.45, 7) is 8.96. The van der Waals surface area contributed by atoms with Gasteiger partial charge in [0.25, 0.3) is 0 Å². The Bertz CT molecular complexity index is 1190. The fourth-order valence-corrected chi connectivity index (χ4v) is 3.73. The van der Waals surface area contributed by atoms with Crippen LogP contribution < -0.4 is 15.5 Å². The Kier molecular flexibility index (Phi) is 6.40. The second-order valence-electron chi connectivity index (χ2n) is 8.44. The van der Waals surface area contributed by atoms with Gasteiger partial charge in [-0.15, -0.1) is 0 Å². The fourth-order valence-electron chi connectivity index (χ4n) is 3.73. The number of benzene rings is 3. The Balaban J connectivity index is 1.65. The SMILES string of the molecule is CC(C)NCc1ccc(C2=NC(c3ccc(OC(C)C)c(C#N)c3)ON2)c2ccccc12. The third-order valence-electron chi connectivity index (χ3n) is 5.26. The molecule has 3 aromatic carbocycles. The molecular formula is C26H28N4O2. The summed E-state index contributed by atoms with van der Waals surface area (Å²) in [5.74, 6) is 1.24. The lowest BCUT2D eigenvalue weighted by Gasteiger charge is -2.13. The lowest BCUT2D eigenvalue weighted by atomic mass is 9.98. The molecule has 4 rings (SSSR count). The number of hydrogen-bond donors (Lipinski definition) is 2. The first-order valence-electron chi connectivity index (χ1n) is 10.9. The minimum atomic E-state index is -0.536. The van der Waals surface area contributed by atoms with Gasteiger partial charge in [0.1, 0.15) is 11.8 Å². The van der Waals surface area contributed by atoms with E-state index in [9.17, 15) is 5.26 Å². The second-order valence-corrected chi connectivity index (χ2v) is 8.44. The first kappa shape index (κ1) is 21.8. The largest absolute Gasteiger partial charge is 0.490 e. The molecule has 0 saturated carbocycles. The van der Waals surface area contributed by atoms with Gasteiger partial charge in [-0.05, 0) is 42.3 Å². The molecule has 2 N–H and O–H groups in total. The van der Waals surface area contributed by atoms with Crippen molar-refractivity contribution in [1.82, 2.24) is 10.8 Å². The molecule has 6 nitrogen and oxygen atoms in total. The smallest absolute Gasteiger partial charge is 0.202 e. The number of amidine groups is 1. The molecule has 0 aliphatic carbocycles. The minimum Gasteiger partial charge on any atom is -0.490 e. The number of fused-ring (bicyclic) bond motifs is 1. The van der Waals surface area contributed by atoms with Crippen LogP contribution in [0.5, 0.6) is 5.75 Å². The summed E-state index contributed by atoms with van der Waals surface area (Å²) in [5.41, 5.74) is 6.48. The normalized spacial score (nSPS) is 15.7. The number of ether oxygens (including phenoxy) is 1. The molecule has 1 atom stereocenters. The molecule has 0 radical (unpaired) electrons. The summed E-state index contributed by atoms with van der Waals surface area (Å²) in [7, 11) is 0. The van der Waals surface area contributed by atoms with E-state index >= 15 is 0 Å². The second kappa shape index (κ2) is 9.39. The molecule has 6 heteroatoms. The zero-order chi connectivity index (χ0) is 22.7. The van der Waals surface area contributed by atoms with Crippen LogP contribution in [0.25, 0.3) is 10.8 Å². The summed E-state index contributed by atoms with van der Waals surface area (Å²) in [6, 6.07) is 20.6. The van der Waals surface area contributed by atoms with Crippen LogP contribution in [-0.4, -0.2) is 18.0 Å². The average Bonchev–Trinajstić information content (AvgIpc) is 3.27. The highest BCUT2D eigenvalue weighted by Crippen LogP contribution is 2.30. The fraction of sp³-hybridized carbons (Fsp3) is 0.308. The number of nitriles is 1. The van der Waals surface area contributed by atoms with E-state index in [2.05, 4.69) is 61.0 Å². The van der Waals surface area contributed by atoms with Crippen molar-refractivity contribution < 1.29 is 9.57 Å². The van der Waals surface area contributed by atoms with Gasteiger partial charge in [0.15, 0.2) is 5.84 Å². The van der Waals surface area contributed by atoms with Crippen molar-refractivity contribution in [3.63, 3.8) is 0 Å². The Morgan fingerprint density at radius 1 is 1.09 bits per heavy atom. The Morgan fingerprint density at radius 2 is 1.88 bits per heavy atom. The molecule has 0 fully saturated rings. The first-order chi connectivity index (χ1) is 15.5. The number of rotatable bonds is 7. The van der Waals surface area contributed by atoms with E-state index in [1.54, 1.807) is 12.1 Å². The third-order valence-corrected chi connectivity index (χ3v) is 5.26. The number of aliphatic imine (C=N–C) groups is 1. The van der Waals surface area contributed by atoms with Gasteiger partial charge in [-0.25, -0.2) is 15.3 Å². The van der Waals surface area contributed by atoms with Crippen LogP contribution in [0.2, 0.25) is 0 Å². The molecule has 0 spiro atoms. The van der Waals surface area contributed by atoms with Gasteiger partial charge in [-0.1, -0.05) is 56.3 Å². The zero-order valence-corrected chi connectivity index (χ0v) is 18.8. The summed E-state index contributed by atoms with van der Waals surface area (Å²) < 4.78 is 5.72. The molecule has 0 amide bonds. The van der Waals surface area contributed by atoms with Crippen molar-refractivity contribution in [3.05, 3.63) is 76.9 Å². The highest BCUT2D eigenvalue weighted by molar-refractivity contribution is 6.10.